The molecule has 0 aliphatic carbocycles. The summed E-state index contributed by atoms with van der Waals surface area (Å²) in [5, 5.41) is 0.401. The molecule has 0 amide bonds. The third-order valence-electron chi connectivity index (χ3n) is 3.06. The van der Waals surface area contributed by atoms with E-state index in [1.807, 2.05) is 26.0 Å². The Bertz CT molecular complexity index is 626. The van der Waals surface area contributed by atoms with E-state index < -0.39 is 0 Å². The van der Waals surface area contributed by atoms with Crippen LogP contribution < -0.4 is 0 Å². The zero-order chi connectivity index (χ0) is 14.2. The first-order chi connectivity index (χ1) is 8.90. The average molecular weight is 362 g/mol. The molecule has 0 spiro atoms. The fourth-order valence-electron chi connectivity index (χ4n) is 1.93. The minimum atomic E-state index is -0.326. The maximum absolute atomic E-state index is 13.3. The number of alkyl halides is 1. The molecule has 0 nitrogen and oxygen atoms in total. The summed E-state index contributed by atoms with van der Waals surface area (Å²) in [5.41, 5.74) is 3.84. The van der Waals surface area contributed by atoms with Crippen molar-refractivity contribution in [3.05, 3.63) is 67.9 Å². The highest BCUT2D eigenvalue weighted by atomic mass is 79.9. The number of halogens is 4. The van der Waals surface area contributed by atoms with Crippen LogP contribution in [0.5, 0.6) is 0 Å². The summed E-state index contributed by atoms with van der Waals surface area (Å²) in [7, 11) is 0. The Kier molecular flexibility index (Phi) is 4.54. The zero-order valence-electron chi connectivity index (χ0n) is 10.5. The van der Waals surface area contributed by atoms with Crippen molar-refractivity contribution in [1.29, 1.82) is 0 Å². The molecule has 0 heterocycles. The molecule has 0 N–H and O–H groups in total. The number of hydrogen-bond donors (Lipinski definition) is 0. The Labute approximate surface area is 130 Å². The first kappa shape index (κ1) is 14.8. The Morgan fingerprint density at radius 3 is 2.42 bits per heavy atom. The number of benzene rings is 2. The lowest BCUT2D eigenvalue weighted by molar-refractivity contribution is 0.620. The topological polar surface area (TPSA) is 0 Å². The van der Waals surface area contributed by atoms with Crippen molar-refractivity contribution in [2.75, 3.05) is 0 Å². The second kappa shape index (κ2) is 5.82. The van der Waals surface area contributed by atoms with Gasteiger partial charge in [0, 0.05) is 5.02 Å². The smallest absolute Gasteiger partial charge is 0.137 e. The molecule has 0 aliphatic rings. The first-order valence-electron chi connectivity index (χ1n) is 5.76. The molecule has 0 aliphatic heterocycles. The van der Waals surface area contributed by atoms with Crippen molar-refractivity contribution in [2.24, 2.45) is 0 Å². The minimum Gasteiger partial charge on any atom is -0.206 e. The van der Waals surface area contributed by atoms with Gasteiger partial charge in [-0.05, 0) is 70.2 Å². The van der Waals surface area contributed by atoms with Crippen LogP contribution in [0.1, 0.15) is 27.6 Å². The van der Waals surface area contributed by atoms with E-state index >= 15 is 0 Å². The molecule has 1 atom stereocenters. The van der Waals surface area contributed by atoms with Crippen LogP contribution in [0.3, 0.4) is 0 Å². The molecular formula is C15H12BrCl2F. The van der Waals surface area contributed by atoms with Crippen molar-refractivity contribution in [3.63, 3.8) is 0 Å². The van der Waals surface area contributed by atoms with Crippen molar-refractivity contribution in [1.82, 2.24) is 0 Å². The van der Waals surface area contributed by atoms with Gasteiger partial charge in [0.1, 0.15) is 5.82 Å². The van der Waals surface area contributed by atoms with Crippen LogP contribution >= 0.6 is 39.1 Å². The van der Waals surface area contributed by atoms with Gasteiger partial charge in [-0.2, -0.15) is 0 Å². The quantitative estimate of drug-likeness (QED) is 0.559. The number of rotatable bonds is 2. The Morgan fingerprint density at radius 2 is 1.79 bits per heavy atom. The Hall–Kier alpha value is -0.570. The minimum absolute atomic E-state index is 0.295. The Morgan fingerprint density at radius 1 is 1.11 bits per heavy atom. The summed E-state index contributed by atoms with van der Waals surface area (Å²) in [6, 6.07) is 8.69. The van der Waals surface area contributed by atoms with E-state index in [1.165, 1.54) is 6.07 Å². The van der Waals surface area contributed by atoms with E-state index in [4.69, 9.17) is 23.2 Å². The largest absolute Gasteiger partial charge is 0.206 e. The molecule has 2 rings (SSSR count). The van der Waals surface area contributed by atoms with Crippen LogP contribution in [0.15, 0.2) is 34.8 Å². The molecule has 1 unspecified atom stereocenters. The molecule has 0 fully saturated rings. The van der Waals surface area contributed by atoms with Crippen LogP contribution in [0.2, 0.25) is 5.02 Å². The van der Waals surface area contributed by atoms with Crippen LogP contribution in [0.25, 0.3) is 0 Å². The molecule has 0 saturated heterocycles. The summed E-state index contributed by atoms with van der Waals surface area (Å²) < 4.78 is 13.7. The maximum atomic E-state index is 13.3. The molecular weight excluding hydrogens is 350 g/mol. The number of hydrogen-bond acceptors (Lipinski definition) is 0. The van der Waals surface area contributed by atoms with Crippen LogP contribution in [0, 0.1) is 19.7 Å². The average Bonchev–Trinajstić information content (AvgIpc) is 2.36. The second-order valence-electron chi connectivity index (χ2n) is 4.49. The van der Waals surface area contributed by atoms with Gasteiger partial charge in [0.05, 0.1) is 9.85 Å². The lowest BCUT2D eigenvalue weighted by atomic mass is 9.98. The van der Waals surface area contributed by atoms with Gasteiger partial charge in [-0.3, -0.25) is 0 Å². The molecule has 0 radical (unpaired) electrons. The van der Waals surface area contributed by atoms with Gasteiger partial charge >= 0.3 is 0 Å². The molecule has 19 heavy (non-hydrogen) atoms. The van der Waals surface area contributed by atoms with Crippen molar-refractivity contribution < 1.29 is 4.39 Å². The lowest BCUT2D eigenvalue weighted by Gasteiger charge is -2.15. The van der Waals surface area contributed by atoms with Gasteiger partial charge in [0.15, 0.2) is 0 Å². The monoisotopic (exact) mass is 360 g/mol. The fourth-order valence-corrected chi connectivity index (χ4v) is 2.91. The molecule has 0 aromatic heterocycles. The molecule has 0 bridgehead atoms. The van der Waals surface area contributed by atoms with Gasteiger partial charge in [0.2, 0.25) is 0 Å². The van der Waals surface area contributed by atoms with E-state index in [-0.39, 0.29) is 11.2 Å². The molecule has 2 aromatic rings. The third-order valence-corrected chi connectivity index (χ3v) is 4.56. The zero-order valence-corrected chi connectivity index (χ0v) is 13.6. The molecule has 4 heteroatoms. The highest BCUT2D eigenvalue weighted by Gasteiger charge is 2.16. The van der Waals surface area contributed by atoms with Crippen molar-refractivity contribution >= 4 is 39.1 Å². The SMILES string of the molecule is Cc1cc(C(Cl)c2ccc(F)c(Br)c2)c(C)cc1Cl. The maximum Gasteiger partial charge on any atom is 0.137 e. The van der Waals surface area contributed by atoms with Gasteiger partial charge in [-0.25, -0.2) is 4.39 Å². The van der Waals surface area contributed by atoms with Gasteiger partial charge in [0.25, 0.3) is 0 Å². The summed E-state index contributed by atoms with van der Waals surface area (Å²) in [5.74, 6) is -0.295. The van der Waals surface area contributed by atoms with E-state index in [1.54, 1.807) is 12.1 Å². The molecule has 100 valence electrons. The van der Waals surface area contributed by atoms with Crippen LogP contribution in [-0.2, 0) is 0 Å². The van der Waals surface area contributed by atoms with Gasteiger partial charge in [-0.1, -0.05) is 23.7 Å². The highest BCUT2D eigenvalue weighted by Crippen LogP contribution is 2.35. The normalized spacial score (nSPS) is 12.5. The predicted octanol–water partition coefficient (Wildman–Crippen LogP) is 6.19. The molecule has 0 saturated carbocycles. The van der Waals surface area contributed by atoms with E-state index in [2.05, 4.69) is 15.9 Å². The summed E-state index contributed by atoms with van der Waals surface area (Å²) in [6.07, 6.45) is 0. The third kappa shape index (κ3) is 3.13. The first-order valence-corrected chi connectivity index (χ1v) is 7.36. The second-order valence-corrected chi connectivity index (χ2v) is 6.19. The van der Waals surface area contributed by atoms with Gasteiger partial charge in [-0.15, -0.1) is 11.6 Å². The summed E-state index contributed by atoms with van der Waals surface area (Å²) >= 11 is 15.8. The molecule has 2 aromatic carbocycles. The van der Waals surface area contributed by atoms with Crippen LogP contribution in [-0.4, -0.2) is 0 Å². The van der Waals surface area contributed by atoms with E-state index in [0.717, 1.165) is 27.3 Å². The lowest BCUT2D eigenvalue weighted by Crippen LogP contribution is -1.98. The standard InChI is InChI=1S/C15H12BrCl2F/c1-8-6-13(17)9(2)5-11(8)15(18)10-3-4-14(19)12(16)7-10/h3-7,15H,1-2H3. The van der Waals surface area contributed by atoms with Crippen molar-refractivity contribution in [3.8, 4) is 0 Å². The predicted molar refractivity (Wildman–Crippen MR) is 82.7 cm³/mol. The fraction of sp³-hybridized carbons (Fsp3) is 0.200. The van der Waals surface area contributed by atoms with E-state index in [9.17, 15) is 4.39 Å². The highest BCUT2D eigenvalue weighted by molar-refractivity contribution is 9.10. The summed E-state index contributed by atoms with van der Waals surface area (Å²) in [4.78, 5) is 0. The van der Waals surface area contributed by atoms with Crippen molar-refractivity contribution in [2.45, 2.75) is 19.2 Å². The van der Waals surface area contributed by atoms with E-state index in [0.29, 0.717) is 4.47 Å². The Balaban J connectivity index is 2.46. The number of aryl methyl sites for hydroxylation is 2. The van der Waals surface area contributed by atoms with Crippen LogP contribution in [0.4, 0.5) is 4.39 Å². The van der Waals surface area contributed by atoms with Gasteiger partial charge < -0.3 is 0 Å². The summed E-state index contributed by atoms with van der Waals surface area (Å²) in [6.45, 7) is 3.91.